The molecule has 5 heteroatoms. The lowest BCUT2D eigenvalue weighted by atomic mass is 9.90. The summed E-state index contributed by atoms with van der Waals surface area (Å²) in [6.45, 7) is 3.94. The van der Waals surface area contributed by atoms with Gasteiger partial charge in [-0.1, -0.05) is 30.3 Å². The van der Waals surface area contributed by atoms with E-state index in [0.29, 0.717) is 32.6 Å². The molecule has 1 amide bonds. The topological polar surface area (TPSA) is 67.6 Å². The number of carbonyl (C=O) groups excluding carboxylic acids is 1. The average Bonchev–Trinajstić information content (AvgIpc) is 3.11. The highest BCUT2D eigenvalue weighted by atomic mass is 16.5. The van der Waals surface area contributed by atoms with E-state index in [1.807, 2.05) is 6.07 Å². The number of nitrogens with two attached hydrogens (primary N) is 1. The molecule has 0 aromatic heterocycles. The Morgan fingerprint density at radius 2 is 1.87 bits per heavy atom. The lowest BCUT2D eigenvalue weighted by molar-refractivity contribution is -0.130. The first-order valence-corrected chi connectivity index (χ1v) is 8.63. The van der Waals surface area contributed by atoms with Crippen LogP contribution in [0.4, 0.5) is 0 Å². The summed E-state index contributed by atoms with van der Waals surface area (Å²) < 4.78 is 5.32. The van der Waals surface area contributed by atoms with Crippen molar-refractivity contribution in [1.82, 2.24) is 10.2 Å². The smallest absolute Gasteiger partial charge is 0.240 e. The summed E-state index contributed by atoms with van der Waals surface area (Å²) in [5.41, 5.74) is 6.76. The Morgan fingerprint density at radius 3 is 2.52 bits per heavy atom. The van der Waals surface area contributed by atoms with Crippen molar-refractivity contribution in [3.8, 4) is 0 Å². The van der Waals surface area contributed by atoms with Crippen molar-refractivity contribution in [2.75, 3.05) is 32.8 Å². The van der Waals surface area contributed by atoms with Crippen LogP contribution < -0.4 is 11.1 Å². The fourth-order valence-electron chi connectivity index (χ4n) is 3.51. The zero-order valence-electron chi connectivity index (χ0n) is 13.7. The molecule has 2 heterocycles. The zero-order valence-corrected chi connectivity index (χ0v) is 13.7. The Labute approximate surface area is 138 Å². The number of hydrogen-bond donors (Lipinski definition) is 2. The first kappa shape index (κ1) is 16.4. The Hall–Kier alpha value is -1.43. The van der Waals surface area contributed by atoms with Gasteiger partial charge >= 0.3 is 0 Å². The SMILES string of the molecule is NC1(C(=O)NCC(c2ccccc2)N2CCCC2)CCOCC1. The lowest BCUT2D eigenvalue weighted by Gasteiger charge is -2.34. The van der Waals surface area contributed by atoms with Crippen molar-refractivity contribution in [3.63, 3.8) is 0 Å². The minimum absolute atomic E-state index is 0.0408. The molecule has 2 saturated heterocycles. The summed E-state index contributed by atoms with van der Waals surface area (Å²) in [6.07, 6.45) is 3.65. The molecule has 0 saturated carbocycles. The molecule has 2 aliphatic rings. The molecule has 1 unspecified atom stereocenters. The fourth-order valence-corrected chi connectivity index (χ4v) is 3.51. The van der Waals surface area contributed by atoms with Gasteiger partial charge in [0.1, 0.15) is 0 Å². The molecule has 0 aliphatic carbocycles. The third-order valence-electron chi connectivity index (χ3n) is 5.06. The second-order valence-electron chi connectivity index (χ2n) is 6.65. The van der Waals surface area contributed by atoms with Gasteiger partial charge in [0.15, 0.2) is 0 Å². The predicted molar refractivity (Wildman–Crippen MR) is 90.0 cm³/mol. The third kappa shape index (κ3) is 3.91. The van der Waals surface area contributed by atoms with Crippen molar-refractivity contribution in [1.29, 1.82) is 0 Å². The fraction of sp³-hybridized carbons (Fsp3) is 0.611. The van der Waals surface area contributed by atoms with Gasteiger partial charge in [0.05, 0.1) is 11.6 Å². The van der Waals surface area contributed by atoms with Crippen LogP contribution in [-0.4, -0.2) is 49.2 Å². The highest BCUT2D eigenvalue weighted by Gasteiger charge is 2.36. The van der Waals surface area contributed by atoms with Crippen LogP contribution in [0.15, 0.2) is 30.3 Å². The Morgan fingerprint density at radius 1 is 1.22 bits per heavy atom. The predicted octanol–water partition coefficient (Wildman–Crippen LogP) is 1.45. The van der Waals surface area contributed by atoms with Crippen LogP contribution in [0.2, 0.25) is 0 Å². The number of likely N-dealkylation sites (tertiary alicyclic amines) is 1. The standard InChI is InChI=1S/C18H27N3O2/c19-18(8-12-23-13-9-18)17(22)20-14-16(21-10-4-5-11-21)15-6-2-1-3-7-15/h1-3,6-7,16H,4-5,8-14,19H2,(H,20,22). The van der Waals surface area contributed by atoms with Gasteiger partial charge in [-0.15, -0.1) is 0 Å². The highest BCUT2D eigenvalue weighted by Crippen LogP contribution is 2.25. The normalized spacial score (nSPS) is 22.7. The molecule has 2 fully saturated rings. The molecule has 0 spiro atoms. The van der Waals surface area contributed by atoms with E-state index in [1.54, 1.807) is 0 Å². The monoisotopic (exact) mass is 317 g/mol. The first-order valence-electron chi connectivity index (χ1n) is 8.63. The molecular formula is C18H27N3O2. The molecule has 0 radical (unpaired) electrons. The number of carbonyl (C=O) groups is 1. The number of hydrogen-bond acceptors (Lipinski definition) is 4. The van der Waals surface area contributed by atoms with Crippen molar-refractivity contribution >= 4 is 5.91 Å². The summed E-state index contributed by atoms with van der Waals surface area (Å²) in [7, 11) is 0. The van der Waals surface area contributed by atoms with Gasteiger partial charge < -0.3 is 15.8 Å². The van der Waals surface area contributed by atoms with E-state index in [1.165, 1.54) is 18.4 Å². The van der Waals surface area contributed by atoms with Gasteiger partial charge in [-0.2, -0.15) is 0 Å². The molecule has 0 bridgehead atoms. The first-order chi connectivity index (χ1) is 11.2. The van der Waals surface area contributed by atoms with Crippen molar-refractivity contribution in [2.45, 2.75) is 37.3 Å². The lowest BCUT2D eigenvalue weighted by Crippen LogP contribution is -2.57. The molecule has 2 aliphatic heterocycles. The number of nitrogens with one attached hydrogen (secondary N) is 1. The summed E-state index contributed by atoms with van der Waals surface area (Å²) >= 11 is 0. The van der Waals surface area contributed by atoms with E-state index in [-0.39, 0.29) is 11.9 Å². The van der Waals surface area contributed by atoms with Gasteiger partial charge in [0.2, 0.25) is 5.91 Å². The quantitative estimate of drug-likeness (QED) is 0.862. The number of ether oxygens (including phenoxy) is 1. The van der Waals surface area contributed by atoms with Crippen molar-refractivity contribution < 1.29 is 9.53 Å². The molecule has 3 N–H and O–H groups in total. The van der Waals surface area contributed by atoms with Crippen molar-refractivity contribution in [3.05, 3.63) is 35.9 Å². The highest BCUT2D eigenvalue weighted by molar-refractivity contribution is 5.86. The summed E-state index contributed by atoms with van der Waals surface area (Å²) in [5.74, 6) is -0.0408. The minimum Gasteiger partial charge on any atom is -0.381 e. The number of amides is 1. The molecule has 1 aromatic carbocycles. The molecule has 1 aromatic rings. The Kier molecular flexibility index (Phi) is 5.30. The maximum atomic E-state index is 12.6. The summed E-state index contributed by atoms with van der Waals surface area (Å²) in [5, 5.41) is 3.11. The summed E-state index contributed by atoms with van der Waals surface area (Å²) in [6, 6.07) is 10.7. The van der Waals surface area contributed by atoms with E-state index < -0.39 is 5.54 Å². The van der Waals surface area contributed by atoms with E-state index >= 15 is 0 Å². The number of nitrogens with zero attached hydrogens (tertiary/aromatic N) is 1. The largest absolute Gasteiger partial charge is 0.381 e. The Balaban J connectivity index is 1.65. The van der Waals surface area contributed by atoms with Crippen LogP contribution in [0.1, 0.15) is 37.3 Å². The van der Waals surface area contributed by atoms with Gasteiger partial charge in [-0.25, -0.2) is 0 Å². The zero-order chi connectivity index (χ0) is 16.1. The van der Waals surface area contributed by atoms with Crippen LogP contribution in [0, 0.1) is 0 Å². The molecule has 1 atom stereocenters. The second kappa shape index (κ2) is 7.43. The van der Waals surface area contributed by atoms with E-state index in [4.69, 9.17) is 10.5 Å². The number of rotatable bonds is 5. The molecule has 5 nitrogen and oxygen atoms in total. The van der Waals surface area contributed by atoms with E-state index in [2.05, 4.69) is 34.5 Å². The van der Waals surface area contributed by atoms with Crippen LogP contribution in [0.5, 0.6) is 0 Å². The van der Waals surface area contributed by atoms with E-state index in [9.17, 15) is 4.79 Å². The van der Waals surface area contributed by atoms with Crippen LogP contribution >= 0.6 is 0 Å². The van der Waals surface area contributed by atoms with Crippen molar-refractivity contribution in [2.24, 2.45) is 5.73 Å². The average molecular weight is 317 g/mol. The molecular weight excluding hydrogens is 290 g/mol. The van der Waals surface area contributed by atoms with E-state index in [0.717, 1.165) is 13.1 Å². The van der Waals surface area contributed by atoms with Crippen LogP contribution in [0.25, 0.3) is 0 Å². The van der Waals surface area contributed by atoms with Gasteiger partial charge in [-0.05, 0) is 44.3 Å². The Bertz CT molecular complexity index is 508. The maximum absolute atomic E-state index is 12.6. The summed E-state index contributed by atoms with van der Waals surface area (Å²) in [4.78, 5) is 15.0. The van der Waals surface area contributed by atoms with Crippen LogP contribution in [0.3, 0.4) is 0 Å². The minimum atomic E-state index is -0.773. The van der Waals surface area contributed by atoms with Gasteiger partial charge in [0.25, 0.3) is 0 Å². The molecule has 3 rings (SSSR count). The molecule has 126 valence electrons. The van der Waals surface area contributed by atoms with Gasteiger partial charge in [-0.3, -0.25) is 9.69 Å². The number of benzene rings is 1. The van der Waals surface area contributed by atoms with Gasteiger partial charge in [0, 0.05) is 19.8 Å². The molecule has 23 heavy (non-hydrogen) atoms. The third-order valence-corrected chi connectivity index (χ3v) is 5.06. The second-order valence-corrected chi connectivity index (χ2v) is 6.65. The van der Waals surface area contributed by atoms with Crippen LogP contribution in [-0.2, 0) is 9.53 Å². The maximum Gasteiger partial charge on any atom is 0.240 e.